The Hall–Kier alpha value is -0.230. The maximum Gasteiger partial charge on any atom is 0.134 e. The SMILES string of the molecule is CNS(=O)c1cc(C(C)(C)O)cs1. The summed E-state index contributed by atoms with van der Waals surface area (Å²) < 4.78 is 14.7. The van der Waals surface area contributed by atoms with Crippen molar-refractivity contribution in [1.29, 1.82) is 0 Å². The third-order valence-corrected chi connectivity index (χ3v) is 3.97. The second-order valence-corrected chi connectivity index (χ2v) is 5.74. The molecule has 0 aliphatic carbocycles. The molecule has 0 amide bonds. The van der Waals surface area contributed by atoms with Gasteiger partial charge in [0.05, 0.1) is 5.60 Å². The molecule has 1 unspecified atom stereocenters. The molecule has 0 bridgehead atoms. The molecule has 0 saturated heterocycles. The highest BCUT2D eigenvalue weighted by Crippen LogP contribution is 2.26. The highest BCUT2D eigenvalue weighted by Gasteiger charge is 2.18. The van der Waals surface area contributed by atoms with Gasteiger partial charge in [0.25, 0.3) is 0 Å². The molecule has 1 heterocycles. The normalized spacial score (nSPS) is 14.5. The van der Waals surface area contributed by atoms with Crippen molar-refractivity contribution in [1.82, 2.24) is 4.72 Å². The van der Waals surface area contributed by atoms with E-state index in [4.69, 9.17) is 0 Å². The van der Waals surface area contributed by atoms with Crippen LogP contribution in [0, 0.1) is 0 Å². The Kier molecular flexibility index (Phi) is 3.23. The maximum atomic E-state index is 11.3. The van der Waals surface area contributed by atoms with Gasteiger partial charge in [0.1, 0.15) is 15.2 Å². The largest absolute Gasteiger partial charge is 0.386 e. The van der Waals surface area contributed by atoms with E-state index in [0.29, 0.717) is 0 Å². The first-order valence-corrected chi connectivity index (χ1v) is 5.88. The lowest BCUT2D eigenvalue weighted by molar-refractivity contribution is 0.0789. The molecule has 5 heteroatoms. The molecule has 0 fully saturated rings. The number of rotatable bonds is 3. The molecule has 0 aromatic carbocycles. The van der Waals surface area contributed by atoms with Crippen molar-refractivity contribution in [2.24, 2.45) is 0 Å². The summed E-state index contributed by atoms with van der Waals surface area (Å²) in [6, 6.07) is 1.76. The van der Waals surface area contributed by atoms with Gasteiger partial charge < -0.3 is 5.11 Å². The van der Waals surface area contributed by atoms with Gasteiger partial charge in [-0.3, -0.25) is 0 Å². The molecule has 0 saturated carbocycles. The fourth-order valence-corrected chi connectivity index (χ4v) is 2.81. The number of nitrogens with one attached hydrogen (secondary N) is 1. The minimum atomic E-state index is -1.15. The molecule has 13 heavy (non-hydrogen) atoms. The van der Waals surface area contributed by atoms with E-state index in [1.54, 1.807) is 27.0 Å². The standard InChI is InChI=1S/C8H13NO2S2/c1-8(2,10)6-4-7(12-5-6)13(11)9-3/h4-5,9-10H,1-3H3. The molecule has 1 atom stereocenters. The average Bonchev–Trinajstić information content (AvgIpc) is 2.50. The Morgan fingerprint density at radius 2 is 2.23 bits per heavy atom. The van der Waals surface area contributed by atoms with E-state index in [1.165, 1.54) is 11.3 Å². The zero-order valence-electron chi connectivity index (χ0n) is 7.83. The van der Waals surface area contributed by atoms with Crippen LogP contribution in [0.2, 0.25) is 0 Å². The first-order valence-electron chi connectivity index (χ1n) is 3.85. The van der Waals surface area contributed by atoms with E-state index in [0.717, 1.165) is 9.77 Å². The summed E-state index contributed by atoms with van der Waals surface area (Å²) in [6.07, 6.45) is 0. The Morgan fingerprint density at radius 1 is 1.62 bits per heavy atom. The molecule has 1 aromatic rings. The third-order valence-electron chi connectivity index (χ3n) is 1.65. The van der Waals surface area contributed by atoms with Crippen molar-refractivity contribution >= 4 is 22.3 Å². The van der Waals surface area contributed by atoms with Gasteiger partial charge in [-0.05, 0) is 37.9 Å². The molecule has 1 rings (SSSR count). The van der Waals surface area contributed by atoms with Gasteiger partial charge in [0.2, 0.25) is 0 Å². The number of thiophene rings is 1. The van der Waals surface area contributed by atoms with E-state index >= 15 is 0 Å². The Morgan fingerprint density at radius 3 is 2.62 bits per heavy atom. The minimum Gasteiger partial charge on any atom is -0.386 e. The molecule has 0 radical (unpaired) electrons. The summed E-state index contributed by atoms with van der Waals surface area (Å²) in [5.74, 6) is 0. The van der Waals surface area contributed by atoms with Crippen molar-refractivity contribution in [2.75, 3.05) is 7.05 Å². The first kappa shape index (κ1) is 10.8. The van der Waals surface area contributed by atoms with Crippen LogP contribution in [0.1, 0.15) is 19.4 Å². The zero-order valence-corrected chi connectivity index (χ0v) is 9.46. The number of hydrogen-bond acceptors (Lipinski definition) is 3. The molecule has 3 nitrogen and oxygen atoms in total. The Labute approximate surface area is 84.4 Å². The molecule has 2 N–H and O–H groups in total. The van der Waals surface area contributed by atoms with Crippen LogP contribution in [-0.2, 0) is 16.6 Å². The van der Waals surface area contributed by atoms with Crippen LogP contribution in [-0.4, -0.2) is 16.4 Å². The van der Waals surface area contributed by atoms with Crippen LogP contribution in [0.15, 0.2) is 15.7 Å². The lowest BCUT2D eigenvalue weighted by Crippen LogP contribution is -2.14. The predicted molar refractivity (Wildman–Crippen MR) is 55.0 cm³/mol. The van der Waals surface area contributed by atoms with Gasteiger partial charge in [-0.1, -0.05) is 0 Å². The van der Waals surface area contributed by atoms with Gasteiger partial charge in [0, 0.05) is 0 Å². The number of aliphatic hydroxyl groups is 1. The van der Waals surface area contributed by atoms with Crippen LogP contribution in [0.25, 0.3) is 0 Å². The molecular weight excluding hydrogens is 206 g/mol. The van der Waals surface area contributed by atoms with Crippen LogP contribution < -0.4 is 4.72 Å². The maximum absolute atomic E-state index is 11.3. The second kappa shape index (κ2) is 3.88. The molecule has 0 spiro atoms. The van der Waals surface area contributed by atoms with Gasteiger partial charge >= 0.3 is 0 Å². The minimum absolute atomic E-state index is 0.736. The Bertz CT molecular complexity index is 314. The van der Waals surface area contributed by atoms with Crippen molar-refractivity contribution in [3.05, 3.63) is 17.0 Å². The fourth-order valence-electron chi connectivity index (χ4n) is 0.835. The summed E-state index contributed by atoms with van der Waals surface area (Å²) in [6.45, 7) is 3.42. The van der Waals surface area contributed by atoms with E-state index < -0.39 is 16.6 Å². The van der Waals surface area contributed by atoms with E-state index in [2.05, 4.69) is 4.72 Å². The van der Waals surface area contributed by atoms with Gasteiger partial charge in [-0.15, -0.1) is 11.3 Å². The monoisotopic (exact) mass is 219 g/mol. The zero-order chi connectivity index (χ0) is 10.1. The van der Waals surface area contributed by atoms with Crippen LogP contribution in [0.5, 0.6) is 0 Å². The molecule has 0 aliphatic heterocycles. The van der Waals surface area contributed by atoms with Crippen molar-refractivity contribution < 1.29 is 9.32 Å². The summed E-state index contributed by atoms with van der Waals surface area (Å²) >= 11 is 1.39. The average molecular weight is 219 g/mol. The van der Waals surface area contributed by atoms with Crippen molar-refractivity contribution in [2.45, 2.75) is 23.7 Å². The summed E-state index contributed by atoms with van der Waals surface area (Å²) in [4.78, 5) is 0. The van der Waals surface area contributed by atoms with Crippen LogP contribution in [0.3, 0.4) is 0 Å². The quantitative estimate of drug-likeness (QED) is 0.803. The van der Waals surface area contributed by atoms with E-state index in [9.17, 15) is 9.32 Å². The Balaban J connectivity index is 2.93. The molecule has 0 aliphatic rings. The third kappa shape index (κ3) is 2.60. The van der Waals surface area contributed by atoms with Crippen LogP contribution >= 0.6 is 11.3 Å². The van der Waals surface area contributed by atoms with E-state index in [1.807, 2.05) is 5.38 Å². The summed E-state index contributed by atoms with van der Waals surface area (Å²) in [5.41, 5.74) is -0.0525. The fraction of sp³-hybridized carbons (Fsp3) is 0.500. The van der Waals surface area contributed by atoms with Gasteiger partial charge in [-0.2, -0.15) is 0 Å². The van der Waals surface area contributed by atoms with Crippen molar-refractivity contribution in [3.63, 3.8) is 0 Å². The van der Waals surface area contributed by atoms with Crippen LogP contribution in [0.4, 0.5) is 0 Å². The van der Waals surface area contributed by atoms with Gasteiger partial charge in [0.15, 0.2) is 0 Å². The number of hydrogen-bond donors (Lipinski definition) is 2. The smallest absolute Gasteiger partial charge is 0.134 e. The molecule has 1 aromatic heterocycles. The van der Waals surface area contributed by atoms with Gasteiger partial charge in [-0.25, -0.2) is 8.93 Å². The summed E-state index contributed by atoms with van der Waals surface area (Å²) in [5, 5.41) is 11.5. The lowest BCUT2D eigenvalue weighted by Gasteiger charge is -2.14. The first-order chi connectivity index (χ1) is 5.95. The molecule has 74 valence electrons. The predicted octanol–water partition coefficient (Wildman–Crippen LogP) is 1.22. The lowest BCUT2D eigenvalue weighted by atomic mass is 10.0. The highest BCUT2D eigenvalue weighted by atomic mass is 32.2. The topological polar surface area (TPSA) is 49.3 Å². The molecular formula is C8H13NO2S2. The second-order valence-electron chi connectivity index (χ2n) is 3.19. The highest BCUT2D eigenvalue weighted by molar-refractivity contribution is 7.85. The summed E-state index contributed by atoms with van der Waals surface area (Å²) in [7, 11) is 0.492. The van der Waals surface area contributed by atoms with E-state index in [-0.39, 0.29) is 0 Å². The van der Waals surface area contributed by atoms with Crippen molar-refractivity contribution in [3.8, 4) is 0 Å².